The average Bonchev–Trinajstić information content (AvgIpc) is 3.41. The van der Waals surface area contributed by atoms with E-state index in [0.717, 1.165) is 24.2 Å². The Balaban J connectivity index is 1.70. The molecule has 0 aliphatic heterocycles. The first-order valence-electron chi connectivity index (χ1n) is 11.8. The molecule has 3 rings (SSSR count). The summed E-state index contributed by atoms with van der Waals surface area (Å²) in [7, 11) is 0. The Labute approximate surface area is 210 Å². The van der Waals surface area contributed by atoms with Crippen molar-refractivity contribution in [3.63, 3.8) is 0 Å². The zero-order chi connectivity index (χ0) is 24.9. The van der Waals surface area contributed by atoms with Crippen molar-refractivity contribution in [2.45, 2.75) is 44.6 Å². The van der Waals surface area contributed by atoms with Crippen LogP contribution in [0.3, 0.4) is 0 Å². The molecule has 0 fully saturated rings. The van der Waals surface area contributed by atoms with Gasteiger partial charge in [0.2, 0.25) is 0 Å². The molecule has 0 saturated heterocycles. The van der Waals surface area contributed by atoms with Gasteiger partial charge in [-0.25, -0.2) is 4.79 Å². The molecule has 1 aromatic heterocycles. The molecule has 1 amide bonds. The summed E-state index contributed by atoms with van der Waals surface area (Å²) in [5.41, 5.74) is 1.46. The minimum absolute atomic E-state index is 0.0873. The number of hydrogen-bond donors (Lipinski definition) is 1. The third kappa shape index (κ3) is 8.44. The van der Waals surface area contributed by atoms with Crippen LogP contribution in [0.4, 0.5) is 4.79 Å². The molecule has 1 N–H and O–H groups in total. The first kappa shape index (κ1) is 26.3. The normalized spacial score (nSPS) is 12.5. The fourth-order valence-electron chi connectivity index (χ4n) is 3.67. The van der Waals surface area contributed by atoms with E-state index in [1.165, 1.54) is 11.8 Å². The summed E-state index contributed by atoms with van der Waals surface area (Å²) in [4.78, 5) is 39.4. The highest BCUT2D eigenvalue weighted by Crippen LogP contribution is 2.25. The van der Waals surface area contributed by atoms with Gasteiger partial charge in [-0.2, -0.15) is 0 Å². The van der Waals surface area contributed by atoms with Gasteiger partial charge in [-0.05, 0) is 29.7 Å². The van der Waals surface area contributed by atoms with Gasteiger partial charge in [0.25, 0.3) is 0 Å². The zero-order valence-electron chi connectivity index (χ0n) is 19.9. The van der Waals surface area contributed by atoms with Crippen LogP contribution >= 0.6 is 11.8 Å². The molecule has 2 aromatic carbocycles. The van der Waals surface area contributed by atoms with Crippen LogP contribution in [-0.4, -0.2) is 23.4 Å². The number of Topliss-reactive ketones (excluding diaryl/α,β-unsaturated/α-hetero) is 2. The number of nitrogens with one attached hydrogen (secondary N) is 1. The molecule has 0 bridgehead atoms. The molecule has 3 aromatic rings. The van der Waals surface area contributed by atoms with Gasteiger partial charge in [0, 0.05) is 0 Å². The maximum Gasteiger partial charge on any atom is 0.408 e. The summed E-state index contributed by atoms with van der Waals surface area (Å²) >= 11 is 1.42. The van der Waals surface area contributed by atoms with E-state index in [-0.39, 0.29) is 23.9 Å². The van der Waals surface area contributed by atoms with Gasteiger partial charge in [0.05, 0.1) is 23.7 Å². The van der Waals surface area contributed by atoms with Crippen molar-refractivity contribution in [3.05, 3.63) is 95.9 Å². The number of rotatable bonds is 14. The van der Waals surface area contributed by atoms with Crippen molar-refractivity contribution < 1.29 is 23.5 Å². The Bertz CT molecular complexity index is 1050. The number of hydrogen-bond acceptors (Lipinski definition) is 6. The number of furan rings is 1. The number of benzene rings is 2. The number of carbonyl (C=O) groups is 3. The largest absolute Gasteiger partial charge is 0.468 e. The molecule has 0 unspecified atom stereocenters. The molecule has 6 nitrogen and oxygen atoms in total. The molecule has 184 valence electrons. The topological polar surface area (TPSA) is 85.6 Å². The fourth-order valence-corrected chi connectivity index (χ4v) is 4.54. The van der Waals surface area contributed by atoms with Gasteiger partial charge in [-0.3, -0.25) is 9.59 Å². The molecule has 7 heteroatoms. The summed E-state index contributed by atoms with van der Waals surface area (Å²) in [5, 5.41) is 2.71. The van der Waals surface area contributed by atoms with Crippen LogP contribution in [0.15, 0.2) is 83.5 Å². The minimum Gasteiger partial charge on any atom is -0.468 e. The Hall–Kier alpha value is -3.32. The second-order valence-electron chi connectivity index (χ2n) is 8.19. The molecular weight excluding hydrogens is 462 g/mol. The smallest absolute Gasteiger partial charge is 0.408 e. The lowest BCUT2D eigenvalue weighted by Gasteiger charge is -2.23. The monoisotopic (exact) mass is 493 g/mol. The Kier molecular flexibility index (Phi) is 10.6. The SMILES string of the molecule is CCCC[C@H](C(=O)CSCc1ccco1)C(=O)[C@@H](NC(=O)OCc1ccccc1)c1ccccc1. The average molecular weight is 494 g/mol. The van der Waals surface area contributed by atoms with E-state index in [1.807, 2.05) is 49.4 Å². The van der Waals surface area contributed by atoms with Crippen molar-refractivity contribution in [3.8, 4) is 0 Å². The van der Waals surface area contributed by atoms with E-state index in [4.69, 9.17) is 9.15 Å². The van der Waals surface area contributed by atoms with Crippen LogP contribution in [0, 0.1) is 5.92 Å². The van der Waals surface area contributed by atoms with Crippen molar-refractivity contribution in [1.82, 2.24) is 5.32 Å². The lowest BCUT2D eigenvalue weighted by Crippen LogP contribution is -2.40. The number of thioether (sulfide) groups is 1. The van der Waals surface area contributed by atoms with E-state index in [2.05, 4.69) is 5.32 Å². The molecular formula is C28H31NO5S. The van der Waals surface area contributed by atoms with Crippen LogP contribution in [0.5, 0.6) is 0 Å². The van der Waals surface area contributed by atoms with Gasteiger partial charge >= 0.3 is 6.09 Å². The third-order valence-electron chi connectivity index (χ3n) is 5.54. The number of amides is 1. The molecule has 1 heterocycles. The van der Waals surface area contributed by atoms with Gasteiger partial charge < -0.3 is 14.5 Å². The van der Waals surface area contributed by atoms with E-state index < -0.39 is 18.1 Å². The molecule has 0 aliphatic carbocycles. The van der Waals surface area contributed by atoms with E-state index in [1.54, 1.807) is 36.6 Å². The minimum atomic E-state index is -0.972. The summed E-state index contributed by atoms with van der Waals surface area (Å²) in [6.07, 6.45) is 2.94. The lowest BCUT2D eigenvalue weighted by molar-refractivity contribution is -0.133. The number of ether oxygens (including phenoxy) is 1. The number of unbranched alkanes of at least 4 members (excludes halogenated alkanes) is 1. The van der Waals surface area contributed by atoms with Gasteiger partial charge in [-0.1, -0.05) is 80.4 Å². The Morgan fingerprint density at radius 1 is 0.971 bits per heavy atom. The van der Waals surface area contributed by atoms with Gasteiger partial charge in [0.15, 0.2) is 11.6 Å². The molecule has 0 saturated carbocycles. The molecule has 35 heavy (non-hydrogen) atoms. The van der Waals surface area contributed by atoms with E-state index >= 15 is 0 Å². The van der Waals surface area contributed by atoms with Crippen LogP contribution in [0.1, 0.15) is 49.1 Å². The summed E-state index contributed by atoms with van der Waals surface area (Å²) in [6.45, 7) is 2.11. The van der Waals surface area contributed by atoms with Crippen LogP contribution in [0.25, 0.3) is 0 Å². The predicted molar refractivity (Wildman–Crippen MR) is 137 cm³/mol. The Morgan fingerprint density at radius 3 is 2.34 bits per heavy atom. The van der Waals surface area contributed by atoms with Crippen molar-refractivity contribution in [2.24, 2.45) is 5.92 Å². The predicted octanol–water partition coefficient (Wildman–Crippen LogP) is 6.13. The van der Waals surface area contributed by atoms with Gasteiger partial charge in [0.1, 0.15) is 18.4 Å². The van der Waals surface area contributed by atoms with Gasteiger partial charge in [-0.15, -0.1) is 11.8 Å². The highest BCUT2D eigenvalue weighted by molar-refractivity contribution is 7.99. The number of carbonyl (C=O) groups excluding carboxylic acids is 3. The first-order valence-corrected chi connectivity index (χ1v) is 12.9. The highest BCUT2D eigenvalue weighted by atomic mass is 32.2. The Morgan fingerprint density at radius 2 is 1.69 bits per heavy atom. The van der Waals surface area contributed by atoms with E-state index in [0.29, 0.717) is 17.7 Å². The first-order chi connectivity index (χ1) is 17.1. The second-order valence-corrected chi connectivity index (χ2v) is 9.17. The summed E-state index contributed by atoms with van der Waals surface area (Å²) in [6, 6.07) is 21.0. The molecule has 0 radical (unpaired) electrons. The number of ketones is 2. The molecule has 0 spiro atoms. The molecule has 2 atom stereocenters. The quantitative estimate of drug-likeness (QED) is 0.272. The van der Waals surface area contributed by atoms with Crippen LogP contribution < -0.4 is 5.32 Å². The maximum absolute atomic E-state index is 13.7. The third-order valence-corrected chi connectivity index (χ3v) is 6.52. The maximum atomic E-state index is 13.7. The standard InChI is InChI=1S/C28H31NO5S/c1-2-3-16-24(25(30)20-35-19-23-15-10-17-33-23)27(31)26(22-13-8-5-9-14-22)29-28(32)34-18-21-11-6-4-7-12-21/h4-15,17,24,26H,2-3,16,18-20H2,1H3,(H,29,32)/t24-,26+/m1/s1. The van der Waals surface area contributed by atoms with E-state index in [9.17, 15) is 14.4 Å². The fraction of sp³-hybridized carbons (Fsp3) is 0.321. The van der Waals surface area contributed by atoms with Crippen molar-refractivity contribution >= 4 is 29.4 Å². The van der Waals surface area contributed by atoms with Crippen LogP contribution in [-0.2, 0) is 26.7 Å². The number of alkyl carbamates (subject to hydrolysis) is 1. The van der Waals surface area contributed by atoms with Crippen LogP contribution in [0.2, 0.25) is 0 Å². The highest BCUT2D eigenvalue weighted by Gasteiger charge is 2.33. The summed E-state index contributed by atoms with van der Waals surface area (Å²) in [5.74, 6) is 0.272. The lowest BCUT2D eigenvalue weighted by atomic mass is 9.87. The van der Waals surface area contributed by atoms with Crippen molar-refractivity contribution in [1.29, 1.82) is 0 Å². The van der Waals surface area contributed by atoms with Crippen molar-refractivity contribution in [2.75, 3.05) is 5.75 Å². The second kappa shape index (κ2) is 14.2. The zero-order valence-corrected chi connectivity index (χ0v) is 20.7. The summed E-state index contributed by atoms with van der Waals surface area (Å²) < 4.78 is 10.7. The molecule has 0 aliphatic rings.